The van der Waals surface area contributed by atoms with Crippen LogP contribution < -0.4 is 10.1 Å². The monoisotopic (exact) mass is 237 g/mol. The summed E-state index contributed by atoms with van der Waals surface area (Å²) < 4.78 is 5.29. The molecule has 0 heterocycles. The van der Waals surface area contributed by atoms with Crippen molar-refractivity contribution in [2.24, 2.45) is 0 Å². The minimum Gasteiger partial charge on any atom is -0.496 e. The van der Waals surface area contributed by atoms with E-state index in [4.69, 9.17) is 4.74 Å². The molecule has 0 radical (unpaired) electrons. The van der Waals surface area contributed by atoms with Gasteiger partial charge in [0.2, 0.25) is 0 Å². The molecule has 0 aliphatic carbocycles. The van der Waals surface area contributed by atoms with Crippen LogP contribution in [0.15, 0.2) is 12.1 Å². The van der Waals surface area contributed by atoms with Gasteiger partial charge in [0, 0.05) is 6.04 Å². The molecule has 1 atom stereocenters. The summed E-state index contributed by atoms with van der Waals surface area (Å²) in [7, 11) is 1.68. The molecule has 0 saturated heterocycles. The third-order valence-corrected chi connectivity index (χ3v) is 2.88. The molecule has 1 unspecified atom stereocenters. The molecular weight excluding hydrogens is 214 g/mol. The number of aryl methyl sites for hydroxylation is 2. The first kappa shape index (κ1) is 14.0. The molecule has 0 aromatic heterocycles. The van der Waals surface area contributed by atoms with Crippen LogP contribution in [0, 0.1) is 13.8 Å². The van der Waals surface area contributed by atoms with Gasteiger partial charge >= 0.3 is 0 Å². The highest BCUT2D eigenvalue weighted by Gasteiger charge is 2.15. The quantitative estimate of drug-likeness (QED) is 0.826. The van der Waals surface area contributed by atoms with Crippen LogP contribution in [0.25, 0.3) is 0 Å². The van der Waals surface area contributed by atoms with Crippen LogP contribution in [0.4, 0.5) is 0 Å². The van der Waals surface area contributed by atoms with E-state index in [1.165, 1.54) is 0 Å². The molecule has 0 bridgehead atoms. The number of nitrogens with one attached hydrogen (secondary N) is 1. The molecule has 0 aliphatic rings. The largest absolute Gasteiger partial charge is 0.496 e. The highest BCUT2D eigenvalue weighted by molar-refractivity contribution is 5.42. The van der Waals surface area contributed by atoms with Crippen molar-refractivity contribution in [3.63, 3.8) is 0 Å². The zero-order valence-corrected chi connectivity index (χ0v) is 11.4. The Balaban J connectivity index is 3.07. The fourth-order valence-corrected chi connectivity index (χ4v) is 2.05. The topological polar surface area (TPSA) is 41.5 Å². The zero-order chi connectivity index (χ0) is 13.0. The van der Waals surface area contributed by atoms with E-state index in [2.05, 4.69) is 25.2 Å². The summed E-state index contributed by atoms with van der Waals surface area (Å²) in [6.45, 7) is 8.32. The Morgan fingerprint density at radius 2 is 1.88 bits per heavy atom. The second-order valence-corrected chi connectivity index (χ2v) is 4.73. The number of hydrogen-bond acceptors (Lipinski definition) is 3. The third kappa shape index (κ3) is 3.45. The average molecular weight is 237 g/mol. The fourth-order valence-electron chi connectivity index (χ4n) is 2.05. The number of ether oxygens (including phenoxy) is 1. The highest BCUT2D eigenvalue weighted by Crippen LogP contribution is 2.26. The minimum absolute atomic E-state index is 0.0143. The third-order valence-electron chi connectivity index (χ3n) is 2.88. The number of rotatable bonds is 5. The van der Waals surface area contributed by atoms with E-state index in [9.17, 15) is 5.11 Å². The maximum Gasteiger partial charge on any atom is 0.122 e. The van der Waals surface area contributed by atoms with Crippen LogP contribution >= 0.6 is 0 Å². The first-order valence-electron chi connectivity index (χ1n) is 6.01. The second-order valence-electron chi connectivity index (χ2n) is 4.73. The molecule has 1 aromatic carbocycles. The first-order valence-corrected chi connectivity index (χ1v) is 6.01. The molecular formula is C14H23NO2. The summed E-state index contributed by atoms with van der Waals surface area (Å²) in [5.41, 5.74) is 3.37. The predicted molar refractivity (Wildman–Crippen MR) is 70.6 cm³/mol. The van der Waals surface area contributed by atoms with Gasteiger partial charge in [-0.2, -0.15) is 0 Å². The van der Waals surface area contributed by atoms with Crippen LogP contribution in [0.2, 0.25) is 0 Å². The SMILES string of the molecule is COc1cc(C)c(C(CO)NC(C)C)cc1C. The minimum atomic E-state index is -0.0143. The Kier molecular flexibility index (Phi) is 4.97. The Morgan fingerprint density at radius 3 is 2.35 bits per heavy atom. The van der Waals surface area contributed by atoms with Crippen LogP contribution in [0.1, 0.15) is 36.6 Å². The average Bonchev–Trinajstić information content (AvgIpc) is 2.28. The van der Waals surface area contributed by atoms with Crippen LogP contribution in [0.5, 0.6) is 5.75 Å². The van der Waals surface area contributed by atoms with Crippen molar-refractivity contribution >= 4 is 0 Å². The van der Waals surface area contributed by atoms with Crippen molar-refractivity contribution in [2.75, 3.05) is 13.7 Å². The van der Waals surface area contributed by atoms with E-state index in [0.29, 0.717) is 6.04 Å². The van der Waals surface area contributed by atoms with Gasteiger partial charge < -0.3 is 15.2 Å². The lowest BCUT2D eigenvalue weighted by Crippen LogP contribution is -2.31. The van der Waals surface area contributed by atoms with E-state index in [-0.39, 0.29) is 12.6 Å². The number of aliphatic hydroxyl groups is 1. The first-order chi connectivity index (χ1) is 7.99. The summed E-state index contributed by atoms with van der Waals surface area (Å²) in [6, 6.07) is 4.44. The van der Waals surface area contributed by atoms with Gasteiger partial charge in [-0.25, -0.2) is 0 Å². The Hall–Kier alpha value is -1.06. The maximum absolute atomic E-state index is 9.48. The molecule has 17 heavy (non-hydrogen) atoms. The number of aliphatic hydroxyl groups excluding tert-OH is 1. The van der Waals surface area contributed by atoms with Crippen molar-refractivity contribution in [1.29, 1.82) is 0 Å². The molecule has 0 saturated carbocycles. The molecule has 1 aromatic rings. The maximum atomic E-state index is 9.48. The molecule has 0 amide bonds. The summed E-state index contributed by atoms with van der Waals surface area (Å²) in [5.74, 6) is 0.896. The van der Waals surface area contributed by atoms with E-state index in [1.807, 2.05) is 19.9 Å². The molecule has 0 aliphatic heterocycles. The van der Waals surface area contributed by atoms with Crippen LogP contribution in [-0.4, -0.2) is 24.9 Å². The summed E-state index contributed by atoms with van der Waals surface area (Å²) in [6.07, 6.45) is 0. The molecule has 3 nitrogen and oxygen atoms in total. The number of benzene rings is 1. The van der Waals surface area contributed by atoms with Crippen molar-refractivity contribution in [2.45, 2.75) is 39.8 Å². The van der Waals surface area contributed by atoms with Crippen molar-refractivity contribution < 1.29 is 9.84 Å². The van der Waals surface area contributed by atoms with E-state index in [1.54, 1.807) is 7.11 Å². The molecule has 0 fully saturated rings. The lowest BCUT2D eigenvalue weighted by Gasteiger charge is -2.22. The normalized spacial score (nSPS) is 12.9. The van der Waals surface area contributed by atoms with Gasteiger partial charge in [0.1, 0.15) is 5.75 Å². The van der Waals surface area contributed by atoms with Gasteiger partial charge in [0.05, 0.1) is 19.8 Å². The molecule has 1 rings (SSSR count). The molecule has 3 heteroatoms. The van der Waals surface area contributed by atoms with Crippen molar-refractivity contribution in [1.82, 2.24) is 5.32 Å². The fraction of sp³-hybridized carbons (Fsp3) is 0.571. The van der Waals surface area contributed by atoms with Gasteiger partial charge in [-0.3, -0.25) is 0 Å². The van der Waals surface area contributed by atoms with Crippen molar-refractivity contribution in [3.05, 3.63) is 28.8 Å². The van der Waals surface area contributed by atoms with E-state index >= 15 is 0 Å². The Morgan fingerprint density at radius 1 is 1.24 bits per heavy atom. The van der Waals surface area contributed by atoms with Gasteiger partial charge in [0.25, 0.3) is 0 Å². The standard InChI is InChI=1S/C14H23NO2/c1-9(2)15-13(8-16)12-6-11(4)14(17-5)7-10(12)3/h6-7,9,13,15-16H,8H2,1-5H3. The lowest BCUT2D eigenvalue weighted by molar-refractivity contribution is 0.237. The summed E-state index contributed by atoms with van der Waals surface area (Å²) in [5, 5.41) is 12.8. The van der Waals surface area contributed by atoms with Gasteiger partial charge in [0.15, 0.2) is 0 Å². The molecule has 96 valence electrons. The summed E-state index contributed by atoms with van der Waals surface area (Å²) >= 11 is 0. The van der Waals surface area contributed by atoms with Crippen LogP contribution in [-0.2, 0) is 0 Å². The van der Waals surface area contributed by atoms with E-state index < -0.39 is 0 Å². The highest BCUT2D eigenvalue weighted by atomic mass is 16.5. The molecule has 2 N–H and O–H groups in total. The number of hydrogen-bond donors (Lipinski definition) is 2. The predicted octanol–water partition coefficient (Wildman–Crippen LogP) is 2.34. The Labute approximate surface area is 104 Å². The van der Waals surface area contributed by atoms with E-state index in [0.717, 1.165) is 22.4 Å². The van der Waals surface area contributed by atoms with Gasteiger partial charge in [-0.15, -0.1) is 0 Å². The van der Waals surface area contributed by atoms with Crippen molar-refractivity contribution in [3.8, 4) is 5.75 Å². The van der Waals surface area contributed by atoms with Gasteiger partial charge in [-0.05, 0) is 36.6 Å². The smallest absolute Gasteiger partial charge is 0.122 e. The Bertz CT molecular complexity index is 375. The zero-order valence-electron chi connectivity index (χ0n) is 11.4. The number of methoxy groups -OCH3 is 1. The van der Waals surface area contributed by atoms with Crippen LogP contribution in [0.3, 0.4) is 0 Å². The van der Waals surface area contributed by atoms with Gasteiger partial charge in [-0.1, -0.05) is 19.9 Å². The lowest BCUT2D eigenvalue weighted by atomic mass is 9.98. The summed E-state index contributed by atoms with van der Waals surface area (Å²) in [4.78, 5) is 0. The molecule has 0 spiro atoms. The second kappa shape index (κ2) is 6.03.